The molecule has 0 unspecified atom stereocenters. The number of likely N-dealkylation sites (tertiary alicyclic amines) is 1. The van der Waals surface area contributed by atoms with Gasteiger partial charge in [0.2, 0.25) is 11.7 Å². The van der Waals surface area contributed by atoms with Gasteiger partial charge in [0.15, 0.2) is 23.6 Å². The van der Waals surface area contributed by atoms with Gasteiger partial charge in [-0.05, 0) is 144 Å². The highest BCUT2D eigenvalue weighted by atomic mass is 16.6. The second kappa shape index (κ2) is 47.6. The number of oxazole rings is 1. The van der Waals surface area contributed by atoms with Crippen LogP contribution in [0.4, 0.5) is 11.8 Å². The second-order valence-electron chi connectivity index (χ2n) is 32.3. The molecule has 656 valence electrons. The Hall–Kier alpha value is -7.54. The molecular weight excluding hydrogens is 1520 g/mol. The van der Waals surface area contributed by atoms with Crippen LogP contribution in [0.15, 0.2) is 81.7 Å². The number of esters is 1. The lowest BCUT2D eigenvalue weighted by atomic mass is 9.78. The minimum Gasteiger partial charge on any atom is -0.460 e. The normalized spacial score (nSPS) is 29.5. The number of carbonyl (C=O) groups excluding carboxylic acids is 5. The van der Waals surface area contributed by atoms with Gasteiger partial charge in [0.1, 0.15) is 47.7 Å². The van der Waals surface area contributed by atoms with Crippen molar-refractivity contribution in [2.45, 2.75) is 224 Å². The number of carbonyl (C=O) groups is 5. The van der Waals surface area contributed by atoms with Crippen LogP contribution >= 0.6 is 0 Å². The molecule has 118 heavy (non-hydrogen) atoms. The number of oxime groups is 1. The van der Waals surface area contributed by atoms with E-state index in [1.807, 2.05) is 72.9 Å². The maximum absolute atomic E-state index is 14.7. The number of piperidine rings is 2. The Kier molecular flexibility index (Phi) is 38.1. The van der Waals surface area contributed by atoms with Gasteiger partial charge >= 0.3 is 5.97 Å². The van der Waals surface area contributed by atoms with Crippen LogP contribution in [0, 0.1) is 35.5 Å². The van der Waals surface area contributed by atoms with E-state index in [1.54, 1.807) is 47.1 Å². The van der Waals surface area contributed by atoms with Crippen molar-refractivity contribution in [2.24, 2.45) is 40.7 Å². The summed E-state index contributed by atoms with van der Waals surface area (Å²) in [5.41, 5.74) is 17.0. The molecule has 7 heterocycles. The van der Waals surface area contributed by atoms with Crippen LogP contribution in [0.25, 0.3) is 33.4 Å². The van der Waals surface area contributed by atoms with Gasteiger partial charge in [-0.2, -0.15) is 10.1 Å². The van der Waals surface area contributed by atoms with Gasteiger partial charge in [0.05, 0.1) is 127 Å². The molecule has 4 fully saturated rings. The molecule has 8 N–H and O–H groups in total. The molecule has 32 nitrogen and oxygen atoms in total. The lowest BCUT2D eigenvalue weighted by Gasteiger charge is -2.43. The number of aliphatic hydroxyl groups is 4. The zero-order valence-electron chi connectivity index (χ0n) is 70.7. The first-order valence-corrected chi connectivity index (χ1v) is 42.2. The molecule has 4 aliphatic heterocycles. The number of hydrogen-bond acceptors (Lipinski definition) is 29. The molecule has 0 spiro atoms. The number of ether oxygens (including phenoxy) is 11. The number of aromatic nitrogens is 5. The molecule has 1 aliphatic carbocycles. The van der Waals surface area contributed by atoms with Gasteiger partial charge in [-0.15, -0.1) is 0 Å². The van der Waals surface area contributed by atoms with Gasteiger partial charge < -0.3 is 103 Å². The number of cyclic esters (lactones) is 1. The smallest absolute Gasteiger partial charge is 0.329 e. The fraction of sp³-hybridized carbons (Fsp3) is 0.698. The third-order valence-electron chi connectivity index (χ3n) is 23.5. The third kappa shape index (κ3) is 27.0. The van der Waals surface area contributed by atoms with Crippen molar-refractivity contribution >= 4 is 69.0 Å². The SMILES string of the molecule is CO[C@H]1C[C@@H]2CC[C@@H](C)[C@@](O)(O2)C(=O)C(=O)N2CCCC[C@H]2C(=O)O[C@H]([C@H](C)C[C@@H]2CC[C@@H](O)[C@H](OC)C2)C[C@@H](O)[C@H](C)/C=C(\C)[C@@H](O)[C@@H](OC)C(=NOCC(=O)CCCOCCOCCOCCOCCOCCOCCC(=O)N2CCC(n3nc(-c4ccc5oc(N)nc5c4)c4c(N)ncnc43)CC2)[C@H](C)C[C@H](C)/C=C/C=C/C=C/1C. The van der Waals surface area contributed by atoms with Gasteiger partial charge in [-0.3, -0.25) is 19.2 Å². The molecular formula is C86H130N10O22. The first kappa shape index (κ1) is 94.3. The Morgan fingerprint density at radius 3 is 2.09 bits per heavy atom. The lowest BCUT2D eigenvalue weighted by molar-refractivity contribution is -0.265. The molecule has 1 aromatic carbocycles. The van der Waals surface area contributed by atoms with Crippen LogP contribution in [0.2, 0.25) is 0 Å². The van der Waals surface area contributed by atoms with Crippen LogP contribution < -0.4 is 11.5 Å². The van der Waals surface area contributed by atoms with Gasteiger partial charge in [-0.25, -0.2) is 19.4 Å². The number of nitrogen functional groups attached to an aromatic ring is 2. The predicted octanol–water partition coefficient (Wildman–Crippen LogP) is 8.59. The van der Waals surface area contributed by atoms with Crippen molar-refractivity contribution in [3.63, 3.8) is 0 Å². The molecule has 2 bridgehead atoms. The summed E-state index contributed by atoms with van der Waals surface area (Å²) >= 11 is 0. The number of ketones is 2. The molecule has 3 saturated heterocycles. The number of benzene rings is 1. The highest BCUT2D eigenvalue weighted by Crippen LogP contribution is 2.40. The monoisotopic (exact) mass is 1650 g/mol. The number of fused-ring (bicyclic) bond motifs is 5. The Labute approximate surface area is 693 Å². The quantitative estimate of drug-likeness (QED) is 0.00854. The van der Waals surface area contributed by atoms with Crippen LogP contribution in [-0.4, -0.2) is 278 Å². The number of nitrogens with zero attached hydrogens (tertiary/aromatic N) is 8. The molecule has 0 radical (unpaired) electrons. The molecule has 9 rings (SSSR count). The highest BCUT2D eigenvalue weighted by molar-refractivity contribution is 6.39. The average Bonchev–Trinajstić information content (AvgIpc) is 1.52. The summed E-state index contributed by atoms with van der Waals surface area (Å²) in [5, 5.41) is 57.4. The third-order valence-corrected chi connectivity index (χ3v) is 23.5. The fourth-order valence-corrected chi connectivity index (χ4v) is 16.5. The van der Waals surface area contributed by atoms with Crippen molar-refractivity contribution in [1.29, 1.82) is 0 Å². The zero-order chi connectivity index (χ0) is 84.8. The summed E-state index contributed by atoms with van der Waals surface area (Å²) in [6.45, 7) is 18.2. The number of Topliss-reactive ketones (excluding diaryl/α,β-unsaturated/α-hetero) is 2. The Balaban J connectivity index is 0.681. The number of hydrogen-bond donors (Lipinski definition) is 6. The molecule has 32 heteroatoms. The summed E-state index contributed by atoms with van der Waals surface area (Å²) in [6, 6.07) is 4.44. The van der Waals surface area contributed by atoms with E-state index < -0.39 is 84.1 Å². The Morgan fingerprint density at radius 1 is 0.729 bits per heavy atom. The minimum absolute atomic E-state index is 0.00163. The van der Waals surface area contributed by atoms with Gasteiger partial charge in [0.25, 0.3) is 17.7 Å². The highest BCUT2D eigenvalue weighted by Gasteiger charge is 2.53. The molecule has 4 aromatic rings. The maximum atomic E-state index is 14.7. The summed E-state index contributed by atoms with van der Waals surface area (Å²) in [4.78, 5) is 92.0. The number of rotatable bonds is 33. The fourth-order valence-electron chi connectivity index (χ4n) is 16.5. The molecule has 1 saturated carbocycles. The molecule has 3 aromatic heterocycles. The van der Waals surface area contributed by atoms with E-state index >= 15 is 0 Å². The second-order valence-corrected chi connectivity index (χ2v) is 32.3. The van der Waals surface area contributed by atoms with E-state index in [2.05, 4.69) is 27.0 Å². The number of allylic oxidation sites excluding steroid dienone is 5. The van der Waals surface area contributed by atoms with Gasteiger partial charge in [0, 0.05) is 90.2 Å². The van der Waals surface area contributed by atoms with E-state index in [9.17, 15) is 44.4 Å². The van der Waals surface area contributed by atoms with E-state index in [0.29, 0.717) is 208 Å². The number of nitrogens with two attached hydrogens (primary N) is 2. The Bertz CT molecular complexity index is 3990. The van der Waals surface area contributed by atoms with Crippen molar-refractivity contribution in [3.8, 4) is 11.3 Å². The first-order valence-electron chi connectivity index (χ1n) is 42.2. The zero-order valence-corrected chi connectivity index (χ0v) is 70.7. The van der Waals surface area contributed by atoms with Crippen molar-refractivity contribution < 1.29 is 106 Å². The summed E-state index contributed by atoms with van der Waals surface area (Å²) < 4.78 is 71.7. The summed E-state index contributed by atoms with van der Waals surface area (Å²) in [7, 11) is 4.61. The number of methoxy groups -OCH3 is 3. The van der Waals surface area contributed by atoms with Crippen molar-refractivity contribution in [2.75, 3.05) is 138 Å². The van der Waals surface area contributed by atoms with Crippen LogP contribution in [0.3, 0.4) is 0 Å². The van der Waals surface area contributed by atoms with Crippen molar-refractivity contribution in [1.82, 2.24) is 34.5 Å². The van der Waals surface area contributed by atoms with Crippen LogP contribution in [-0.2, 0) is 80.9 Å². The topological polar surface area (TPSA) is 418 Å². The van der Waals surface area contributed by atoms with E-state index in [0.717, 1.165) is 11.1 Å². The van der Waals surface area contributed by atoms with E-state index in [1.165, 1.54) is 18.3 Å². The predicted molar refractivity (Wildman–Crippen MR) is 440 cm³/mol. The van der Waals surface area contributed by atoms with Gasteiger partial charge in [-0.1, -0.05) is 76.2 Å². The molecule has 5 aliphatic rings. The lowest BCUT2D eigenvalue weighted by Crippen LogP contribution is -2.61. The van der Waals surface area contributed by atoms with Crippen LogP contribution in [0.1, 0.15) is 164 Å². The molecule has 2 amide bonds. The maximum Gasteiger partial charge on any atom is 0.329 e. The standard InChI is InChI=1S/C86H130N10O22/c1-54-17-12-11-13-18-55(2)71(106-8)50-65-24-21-60(7)86(105,118-65)80(102)83(103)95-30-15-14-20-67(95)84(104)116-72(57(4)47-61-22-25-68(98)73(48-61)107-9)51-69(99)56(3)46-59(6)78(101)79(108-10)76(58(5)45-54)93-115-52-64(97)19-16-33-109-35-37-111-39-41-113-43-44-114-42-40-112-38-36-110-34-29-74(100)94-31-27-63(28-32-94)96-82-75(81(87)89-53-90-82)77(92-96)62-23-26-70-66(49-62)91-85(88)117-70/h11-13,17-18,23,26,46,49,53-54,56-58,60-61,63,65,67-69,71-73,78-79,98-99,101,105H,14-16,19-22,24-25,27-45,47-48,50-52H2,1-10H3,(H2,88,91)(H2,87,89,90)/b13-11+,17-12+,55-18+,59-46+,93-76?/t54-,56-,57-,58-,60-,61+,65+,67+,68-,69-,71+,72+,73-,78-,79+,86-/m1/s1. The molecule has 16 atom stereocenters. The summed E-state index contributed by atoms with van der Waals surface area (Å²) in [6.07, 6.45) is 14.1. The Morgan fingerprint density at radius 2 is 1.42 bits per heavy atom. The minimum atomic E-state index is -2.46. The number of amides is 2. The average molecular weight is 1660 g/mol. The largest absolute Gasteiger partial charge is 0.460 e. The number of anilines is 2. The first-order chi connectivity index (χ1) is 56.8. The number of aliphatic hydroxyl groups excluding tert-OH is 3. The van der Waals surface area contributed by atoms with E-state index in [-0.39, 0.29) is 105 Å². The van der Waals surface area contributed by atoms with E-state index in [4.69, 9.17) is 77.9 Å². The summed E-state index contributed by atoms with van der Waals surface area (Å²) in [5.74, 6) is -7.17. The van der Waals surface area contributed by atoms with Crippen LogP contribution in [0.5, 0.6) is 0 Å². The van der Waals surface area contributed by atoms with Crippen molar-refractivity contribution in [3.05, 3.63) is 72.1 Å².